The van der Waals surface area contributed by atoms with Gasteiger partial charge in [-0.3, -0.25) is 4.79 Å². The first-order valence-electron chi connectivity index (χ1n) is 8.52. The molecule has 0 atom stereocenters. The molecule has 1 aromatic carbocycles. The molecule has 1 fully saturated rings. The lowest BCUT2D eigenvalue weighted by molar-refractivity contribution is -0.134. The standard InChI is InChI=1S/C19H24FNO2/c1-2-3-14-4-6-15(7-5-14)8-11-19(22)23-17-10-9-16(13-21)18(20)12-17/h9-10,12,14-15H,2-8,11H2,1H3/t14-,15-. The van der Waals surface area contributed by atoms with Crippen molar-refractivity contribution in [1.82, 2.24) is 0 Å². The number of rotatable bonds is 6. The van der Waals surface area contributed by atoms with E-state index < -0.39 is 5.82 Å². The van der Waals surface area contributed by atoms with Crippen LogP contribution in [0.1, 0.15) is 63.9 Å². The summed E-state index contributed by atoms with van der Waals surface area (Å²) in [5, 5.41) is 8.67. The van der Waals surface area contributed by atoms with Gasteiger partial charge in [0, 0.05) is 12.5 Å². The third kappa shape index (κ3) is 5.35. The summed E-state index contributed by atoms with van der Waals surface area (Å²) in [7, 11) is 0. The molecule has 0 bridgehead atoms. The van der Waals surface area contributed by atoms with Crippen LogP contribution in [0.2, 0.25) is 0 Å². The van der Waals surface area contributed by atoms with Crippen molar-refractivity contribution < 1.29 is 13.9 Å². The monoisotopic (exact) mass is 317 g/mol. The molecule has 1 saturated carbocycles. The summed E-state index contributed by atoms with van der Waals surface area (Å²) in [6.45, 7) is 2.23. The number of carbonyl (C=O) groups is 1. The van der Waals surface area contributed by atoms with E-state index in [9.17, 15) is 9.18 Å². The molecule has 0 aromatic heterocycles. The van der Waals surface area contributed by atoms with Crippen molar-refractivity contribution >= 4 is 5.97 Å². The van der Waals surface area contributed by atoms with Crippen LogP contribution in [0.15, 0.2) is 18.2 Å². The van der Waals surface area contributed by atoms with Gasteiger partial charge in [0.05, 0.1) is 5.56 Å². The molecule has 0 amide bonds. The number of benzene rings is 1. The molecule has 4 heteroatoms. The number of carbonyl (C=O) groups excluding carboxylic acids is 1. The molecule has 0 N–H and O–H groups in total. The van der Waals surface area contributed by atoms with Crippen molar-refractivity contribution in [3.8, 4) is 11.8 Å². The Labute approximate surface area is 137 Å². The molecule has 0 saturated heterocycles. The van der Waals surface area contributed by atoms with Crippen LogP contribution >= 0.6 is 0 Å². The predicted molar refractivity (Wildman–Crippen MR) is 86.3 cm³/mol. The van der Waals surface area contributed by atoms with Crippen LogP contribution in [0.4, 0.5) is 4.39 Å². The minimum atomic E-state index is -0.660. The van der Waals surface area contributed by atoms with Gasteiger partial charge in [-0.05, 0) is 30.4 Å². The molecule has 124 valence electrons. The third-order valence-corrected chi connectivity index (χ3v) is 4.71. The lowest BCUT2D eigenvalue weighted by Crippen LogP contribution is -2.17. The van der Waals surface area contributed by atoms with Gasteiger partial charge in [0.2, 0.25) is 0 Å². The van der Waals surface area contributed by atoms with E-state index in [1.165, 1.54) is 50.7 Å². The van der Waals surface area contributed by atoms with Gasteiger partial charge in [-0.15, -0.1) is 0 Å². The maximum atomic E-state index is 13.5. The smallest absolute Gasteiger partial charge is 0.311 e. The maximum Gasteiger partial charge on any atom is 0.311 e. The average Bonchev–Trinajstić information content (AvgIpc) is 2.55. The highest BCUT2D eigenvalue weighted by molar-refractivity contribution is 5.72. The van der Waals surface area contributed by atoms with Crippen molar-refractivity contribution in [3.05, 3.63) is 29.6 Å². The third-order valence-electron chi connectivity index (χ3n) is 4.71. The molecule has 0 radical (unpaired) electrons. The van der Waals surface area contributed by atoms with Gasteiger partial charge in [-0.1, -0.05) is 45.4 Å². The van der Waals surface area contributed by atoms with E-state index in [1.807, 2.05) is 0 Å². The number of ether oxygens (including phenoxy) is 1. The topological polar surface area (TPSA) is 50.1 Å². The van der Waals surface area contributed by atoms with Crippen molar-refractivity contribution in [2.45, 2.75) is 58.3 Å². The fraction of sp³-hybridized carbons (Fsp3) is 0.579. The Kier molecular flexibility index (Phi) is 6.58. The Bertz CT molecular complexity index is 571. The first-order valence-corrected chi connectivity index (χ1v) is 8.52. The van der Waals surface area contributed by atoms with Gasteiger partial charge < -0.3 is 4.74 Å². The van der Waals surface area contributed by atoms with Crippen LogP contribution in [-0.2, 0) is 4.79 Å². The predicted octanol–water partition coefficient (Wildman–Crippen LogP) is 4.99. The van der Waals surface area contributed by atoms with Crippen LogP contribution < -0.4 is 4.74 Å². The largest absolute Gasteiger partial charge is 0.426 e. The second-order valence-electron chi connectivity index (χ2n) is 6.44. The Morgan fingerprint density at radius 2 is 1.91 bits per heavy atom. The zero-order valence-corrected chi connectivity index (χ0v) is 13.7. The number of esters is 1. The lowest BCUT2D eigenvalue weighted by Gasteiger charge is -2.28. The van der Waals surface area contributed by atoms with Crippen LogP contribution in [0, 0.1) is 29.0 Å². The van der Waals surface area contributed by atoms with Gasteiger partial charge in [0.25, 0.3) is 0 Å². The molecule has 0 heterocycles. The normalized spacial score (nSPS) is 20.7. The van der Waals surface area contributed by atoms with Crippen LogP contribution in [0.25, 0.3) is 0 Å². The molecular formula is C19H24FNO2. The molecule has 3 nitrogen and oxygen atoms in total. The van der Waals surface area contributed by atoms with Crippen molar-refractivity contribution in [2.75, 3.05) is 0 Å². The highest BCUT2D eigenvalue weighted by Crippen LogP contribution is 2.33. The van der Waals surface area contributed by atoms with Crippen molar-refractivity contribution in [1.29, 1.82) is 5.26 Å². The molecular weight excluding hydrogens is 293 g/mol. The average molecular weight is 317 g/mol. The fourth-order valence-electron chi connectivity index (χ4n) is 3.37. The number of halogens is 1. The van der Waals surface area contributed by atoms with E-state index in [0.29, 0.717) is 12.3 Å². The van der Waals surface area contributed by atoms with Gasteiger partial charge >= 0.3 is 5.97 Å². The first-order chi connectivity index (χ1) is 11.1. The van der Waals surface area contributed by atoms with Gasteiger partial charge in [0.1, 0.15) is 17.6 Å². The molecule has 0 aliphatic heterocycles. The van der Waals surface area contributed by atoms with E-state index >= 15 is 0 Å². The Morgan fingerprint density at radius 1 is 1.26 bits per heavy atom. The summed E-state index contributed by atoms with van der Waals surface area (Å²) < 4.78 is 18.6. The summed E-state index contributed by atoms with van der Waals surface area (Å²) >= 11 is 0. The Hall–Kier alpha value is -1.89. The highest BCUT2D eigenvalue weighted by atomic mass is 19.1. The lowest BCUT2D eigenvalue weighted by atomic mass is 9.78. The molecule has 0 unspecified atom stereocenters. The van der Waals surface area contributed by atoms with Crippen molar-refractivity contribution in [2.24, 2.45) is 11.8 Å². The molecule has 2 rings (SSSR count). The molecule has 1 aromatic rings. The number of hydrogen-bond acceptors (Lipinski definition) is 3. The number of hydrogen-bond donors (Lipinski definition) is 0. The molecule has 0 spiro atoms. The van der Waals surface area contributed by atoms with E-state index in [4.69, 9.17) is 10.00 Å². The second-order valence-corrected chi connectivity index (χ2v) is 6.44. The zero-order valence-electron chi connectivity index (χ0n) is 13.7. The Balaban J connectivity index is 1.73. The minimum Gasteiger partial charge on any atom is -0.426 e. The summed E-state index contributed by atoms with van der Waals surface area (Å²) in [5.74, 6) is 0.646. The second kappa shape index (κ2) is 8.67. The zero-order chi connectivity index (χ0) is 16.7. The minimum absolute atomic E-state index is 0.0476. The first kappa shape index (κ1) is 17.5. The highest BCUT2D eigenvalue weighted by Gasteiger charge is 2.21. The summed E-state index contributed by atoms with van der Waals surface area (Å²) in [4.78, 5) is 11.9. The van der Waals surface area contributed by atoms with Crippen LogP contribution in [0.5, 0.6) is 5.75 Å². The van der Waals surface area contributed by atoms with E-state index in [1.54, 1.807) is 6.07 Å². The molecule has 1 aliphatic rings. The number of nitrogens with zero attached hydrogens (tertiary/aromatic N) is 1. The van der Waals surface area contributed by atoms with Gasteiger partial charge in [-0.25, -0.2) is 4.39 Å². The molecule has 1 aliphatic carbocycles. The SMILES string of the molecule is CCC[C@H]1CC[C@H](CCC(=O)Oc2ccc(C#N)c(F)c2)CC1. The van der Waals surface area contributed by atoms with Crippen LogP contribution in [-0.4, -0.2) is 5.97 Å². The number of nitriles is 1. The summed E-state index contributed by atoms with van der Waals surface area (Å²) in [6, 6.07) is 5.61. The van der Waals surface area contributed by atoms with E-state index in [0.717, 1.165) is 18.4 Å². The Morgan fingerprint density at radius 3 is 2.48 bits per heavy atom. The quantitative estimate of drug-likeness (QED) is 0.548. The van der Waals surface area contributed by atoms with Crippen molar-refractivity contribution in [3.63, 3.8) is 0 Å². The fourth-order valence-corrected chi connectivity index (χ4v) is 3.37. The van der Waals surface area contributed by atoms with Gasteiger partial charge in [-0.2, -0.15) is 5.26 Å². The van der Waals surface area contributed by atoms with Gasteiger partial charge in [0.15, 0.2) is 0 Å². The maximum absolute atomic E-state index is 13.5. The summed E-state index contributed by atoms with van der Waals surface area (Å²) in [5.41, 5.74) is -0.0476. The summed E-state index contributed by atoms with van der Waals surface area (Å²) in [6.07, 6.45) is 8.72. The van der Waals surface area contributed by atoms with E-state index in [-0.39, 0.29) is 17.3 Å². The molecule has 23 heavy (non-hydrogen) atoms. The van der Waals surface area contributed by atoms with Crippen LogP contribution in [0.3, 0.4) is 0 Å². The van der Waals surface area contributed by atoms with E-state index in [2.05, 4.69) is 6.92 Å².